The van der Waals surface area contributed by atoms with Crippen LogP contribution < -0.4 is 9.47 Å². The first kappa shape index (κ1) is 12.0. The van der Waals surface area contributed by atoms with Crippen LogP contribution in [0.5, 0.6) is 11.5 Å². The van der Waals surface area contributed by atoms with Crippen LogP contribution in [0.2, 0.25) is 0 Å². The van der Waals surface area contributed by atoms with Crippen LogP contribution in [-0.2, 0) is 6.54 Å². The van der Waals surface area contributed by atoms with Crippen molar-refractivity contribution in [2.24, 2.45) is 0 Å². The highest BCUT2D eigenvalue weighted by molar-refractivity contribution is 5.44. The molecule has 1 heterocycles. The fourth-order valence-electron chi connectivity index (χ4n) is 1.96. The molecule has 0 amide bonds. The van der Waals surface area contributed by atoms with Gasteiger partial charge < -0.3 is 9.47 Å². The van der Waals surface area contributed by atoms with Gasteiger partial charge in [-0.15, -0.1) is 0 Å². The Morgan fingerprint density at radius 3 is 2.82 bits per heavy atom. The second kappa shape index (κ2) is 5.23. The lowest BCUT2D eigenvalue weighted by Crippen LogP contribution is -2.24. The predicted molar refractivity (Wildman–Crippen MR) is 68.3 cm³/mol. The molecular formula is C14H19NO2. The Bertz CT molecular complexity index is 415. The fourth-order valence-corrected chi connectivity index (χ4v) is 1.96. The van der Waals surface area contributed by atoms with E-state index < -0.39 is 0 Å². The third kappa shape index (κ3) is 3.01. The summed E-state index contributed by atoms with van der Waals surface area (Å²) in [5.41, 5.74) is 2.44. The minimum Gasteiger partial charge on any atom is -0.454 e. The van der Waals surface area contributed by atoms with Gasteiger partial charge in [-0.2, -0.15) is 0 Å². The zero-order valence-electron chi connectivity index (χ0n) is 10.5. The minimum absolute atomic E-state index is 0.335. The number of hydrogen-bond donors (Lipinski definition) is 0. The van der Waals surface area contributed by atoms with E-state index in [0.29, 0.717) is 6.79 Å². The Kier molecular flexibility index (Phi) is 3.69. The van der Waals surface area contributed by atoms with E-state index >= 15 is 0 Å². The van der Waals surface area contributed by atoms with E-state index in [9.17, 15) is 0 Å². The van der Waals surface area contributed by atoms with Crippen molar-refractivity contribution in [2.75, 3.05) is 19.9 Å². The van der Waals surface area contributed by atoms with Crippen LogP contribution in [-0.4, -0.2) is 24.8 Å². The maximum atomic E-state index is 5.38. The van der Waals surface area contributed by atoms with Gasteiger partial charge in [-0.25, -0.2) is 0 Å². The fraction of sp³-hybridized carbons (Fsp3) is 0.429. The van der Waals surface area contributed by atoms with Crippen molar-refractivity contribution in [3.05, 3.63) is 35.9 Å². The molecule has 3 nitrogen and oxygen atoms in total. The van der Waals surface area contributed by atoms with Crippen molar-refractivity contribution in [1.82, 2.24) is 4.90 Å². The number of hydrogen-bond acceptors (Lipinski definition) is 3. The van der Waals surface area contributed by atoms with E-state index in [1.807, 2.05) is 6.07 Å². The number of fused-ring (bicyclic) bond motifs is 1. The van der Waals surface area contributed by atoms with Gasteiger partial charge in [-0.1, -0.05) is 25.1 Å². The van der Waals surface area contributed by atoms with E-state index in [1.54, 1.807) is 0 Å². The summed E-state index contributed by atoms with van der Waals surface area (Å²) in [6.07, 6.45) is 0. The van der Waals surface area contributed by atoms with Gasteiger partial charge in [-0.05, 0) is 31.2 Å². The minimum atomic E-state index is 0.335. The van der Waals surface area contributed by atoms with Crippen LogP contribution in [0.15, 0.2) is 30.4 Å². The maximum absolute atomic E-state index is 5.38. The van der Waals surface area contributed by atoms with Crippen LogP contribution in [0.4, 0.5) is 0 Å². The third-order valence-electron chi connectivity index (χ3n) is 2.78. The molecule has 1 aliphatic rings. The molecule has 0 bridgehead atoms. The molecular weight excluding hydrogens is 214 g/mol. The highest BCUT2D eigenvalue weighted by Gasteiger charge is 2.14. The molecule has 17 heavy (non-hydrogen) atoms. The Labute approximate surface area is 103 Å². The summed E-state index contributed by atoms with van der Waals surface area (Å²) >= 11 is 0. The highest BCUT2D eigenvalue weighted by atomic mass is 16.7. The van der Waals surface area contributed by atoms with Crippen molar-refractivity contribution in [3.8, 4) is 11.5 Å². The summed E-state index contributed by atoms with van der Waals surface area (Å²) in [6, 6.07) is 6.13. The van der Waals surface area contributed by atoms with Crippen molar-refractivity contribution in [2.45, 2.75) is 20.4 Å². The van der Waals surface area contributed by atoms with Gasteiger partial charge in [0, 0.05) is 13.1 Å². The van der Waals surface area contributed by atoms with Crippen LogP contribution in [0.1, 0.15) is 19.4 Å². The Hall–Kier alpha value is -1.48. The van der Waals surface area contributed by atoms with Gasteiger partial charge in [0.2, 0.25) is 6.79 Å². The van der Waals surface area contributed by atoms with Gasteiger partial charge in [0.15, 0.2) is 11.5 Å². The quantitative estimate of drug-likeness (QED) is 0.730. The van der Waals surface area contributed by atoms with Gasteiger partial charge in [-0.3, -0.25) is 4.90 Å². The monoisotopic (exact) mass is 233 g/mol. The lowest BCUT2D eigenvalue weighted by atomic mass is 10.2. The second-order valence-corrected chi connectivity index (χ2v) is 4.45. The summed E-state index contributed by atoms with van der Waals surface area (Å²) in [7, 11) is 0. The van der Waals surface area contributed by atoms with Crippen LogP contribution in [0, 0.1) is 0 Å². The number of benzene rings is 1. The van der Waals surface area contributed by atoms with Gasteiger partial charge >= 0.3 is 0 Å². The zero-order valence-corrected chi connectivity index (χ0v) is 10.5. The van der Waals surface area contributed by atoms with E-state index in [2.05, 4.69) is 37.5 Å². The molecule has 0 unspecified atom stereocenters. The molecule has 92 valence electrons. The van der Waals surface area contributed by atoms with E-state index in [1.165, 1.54) is 11.1 Å². The number of rotatable bonds is 5. The van der Waals surface area contributed by atoms with E-state index in [-0.39, 0.29) is 0 Å². The van der Waals surface area contributed by atoms with Crippen molar-refractivity contribution in [3.63, 3.8) is 0 Å². The largest absolute Gasteiger partial charge is 0.454 e. The molecule has 0 saturated heterocycles. The van der Waals surface area contributed by atoms with Crippen molar-refractivity contribution >= 4 is 0 Å². The molecule has 2 rings (SSSR count). The molecule has 1 aromatic carbocycles. The molecule has 0 aromatic heterocycles. The SMILES string of the molecule is C=C(C)CN(CC)Cc1ccc2c(c1)OCO2. The molecule has 0 saturated carbocycles. The molecule has 1 aromatic rings. The average Bonchev–Trinajstić information content (AvgIpc) is 2.74. The summed E-state index contributed by atoms with van der Waals surface area (Å²) in [4.78, 5) is 2.35. The molecule has 0 aliphatic carbocycles. The maximum Gasteiger partial charge on any atom is 0.231 e. The molecule has 1 aliphatic heterocycles. The second-order valence-electron chi connectivity index (χ2n) is 4.45. The first-order valence-electron chi connectivity index (χ1n) is 5.94. The molecule has 0 radical (unpaired) electrons. The van der Waals surface area contributed by atoms with Crippen LogP contribution >= 0.6 is 0 Å². The Morgan fingerprint density at radius 1 is 1.35 bits per heavy atom. The van der Waals surface area contributed by atoms with Gasteiger partial charge in [0.25, 0.3) is 0 Å². The van der Waals surface area contributed by atoms with Crippen molar-refractivity contribution in [1.29, 1.82) is 0 Å². The summed E-state index contributed by atoms with van der Waals surface area (Å²) in [6.45, 7) is 11.4. The zero-order chi connectivity index (χ0) is 12.3. The Balaban J connectivity index is 2.04. The predicted octanol–water partition coefficient (Wildman–Crippen LogP) is 2.81. The molecule has 0 N–H and O–H groups in total. The molecule has 0 atom stereocenters. The molecule has 0 spiro atoms. The van der Waals surface area contributed by atoms with E-state index in [4.69, 9.17) is 9.47 Å². The summed E-state index contributed by atoms with van der Waals surface area (Å²) < 4.78 is 10.7. The molecule has 3 heteroatoms. The smallest absolute Gasteiger partial charge is 0.231 e. The topological polar surface area (TPSA) is 21.7 Å². The lowest BCUT2D eigenvalue weighted by Gasteiger charge is -2.20. The third-order valence-corrected chi connectivity index (χ3v) is 2.78. The highest BCUT2D eigenvalue weighted by Crippen LogP contribution is 2.32. The lowest BCUT2D eigenvalue weighted by molar-refractivity contribution is 0.174. The van der Waals surface area contributed by atoms with Crippen LogP contribution in [0.3, 0.4) is 0 Å². The molecule has 0 fully saturated rings. The Morgan fingerprint density at radius 2 is 2.12 bits per heavy atom. The number of nitrogens with zero attached hydrogens (tertiary/aromatic N) is 1. The van der Waals surface area contributed by atoms with Crippen LogP contribution in [0.25, 0.3) is 0 Å². The van der Waals surface area contributed by atoms with Crippen molar-refractivity contribution < 1.29 is 9.47 Å². The summed E-state index contributed by atoms with van der Waals surface area (Å²) in [5, 5.41) is 0. The van der Waals surface area contributed by atoms with E-state index in [0.717, 1.165) is 31.1 Å². The first-order valence-corrected chi connectivity index (χ1v) is 5.94. The van der Waals surface area contributed by atoms with Gasteiger partial charge in [0.1, 0.15) is 0 Å². The number of likely N-dealkylation sites (N-methyl/N-ethyl adjacent to an activating group) is 1. The van der Waals surface area contributed by atoms with Gasteiger partial charge in [0.05, 0.1) is 0 Å². The standard InChI is InChI=1S/C14H19NO2/c1-4-15(8-11(2)3)9-12-5-6-13-14(7-12)17-10-16-13/h5-7H,2,4,8-10H2,1,3H3. The first-order chi connectivity index (χ1) is 8.19. The summed E-state index contributed by atoms with van der Waals surface area (Å²) in [5.74, 6) is 1.70. The average molecular weight is 233 g/mol. The number of ether oxygens (including phenoxy) is 2. The normalized spacial score (nSPS) is 13.1.